The van der Waals surface area contributed by atoms with Gasteiger partial charge < -0.3 is 55.1 Å². The van der Waals surface area contributed by atoms with Crippen molar-refractivity contribution in [1.29, 1.82) is 0 Å². The number of phenolic OH excluding ortho intramolecular Hbond substituents is 4. The summed E-state index contributed by atoms with van der Waals surface area (Å²) in [4.78, 5) is 53.8. The van der Waals surface area contributed by atoms with Crippen molar-refractivity contribution in [1.82, 2.24) is 0 Å². The number of phenols is 4. The number of hydrogen-bond donors (Lipinski definition) is 8. The van der Waals surface area contributed by atoms with Gasteiger partial charge in [0.25, 0.3) is 5.78 Å². The van der Waals surface area contributed by atoms with Gasteiger partial charge in [-0.05, 0) is 11.6 Å². The summed E-state index contributed by atoms with van der Waals surface area (Å²) >= 11 is 0. The zero-order chi connectivity index (χ0) is 32.3. The van der Waals surface area contributed by atoms with Gasteiger partial charge in [0.1, 0.15) is 52.8 Å². The monoisotopic (exact) mass is 624 g/mol. The average molecular weight is 625 g/mol. The Bertz CT molecular complexity index is 1820. The molecule has 2 aliphatic carbocycles. The number of aliphatic carboxylic acids is 1. The summed E-state index contributed by atoms with van der Waals surface area (Å²) in [6, 6.07) is 4.18. The van der Waals surface area contributed by atoms with Crippen LogP contribution >= 0.6 is 0 Å². The Morgan fingerprint density at radius 1 is 0.867 bits per heavy atom. The van der Waals surface area contributed by atoms with Gasteiger partial charge in [0.2, 0.25) is 17.4 Å². The largest absolute Gasteiger partial charge is 0.508 e. The molecule has 1 saturated heterocycles. The van der Waals surface area contributed by atoms with Crippen LogP contribution in [-0.4, -0.2) is 94.4 Å². The minimum absolute atomic E-state index is 0.0529. The van der Waals surface area contributed by atoms with Crippen molar-refractivity contribution in [2.24, 2.45) is 11.3 Å². The van der Waals surface area contributed by atoms with Crippen molar-refractivity contribution in [3.05, 3.63) is 58.4 Å². The molecule has 8 N–H and O–H groups in total. The lowest BCUT2D eigenvalue weighted by molar-refractivity contribution is -0.296. The molecule has 0 aromatic heterocycles. The van der Waals surface area contributed by atoms with Crippen LogP contribution in [0.1, 0.15) is 17.5 Å². The molecule has 15 heteroatoms. The Labute approximate surface area is 251 Å². The predicted molar refractivity (Wildman–Crippen MR) is 143 cm³/mol. The number of benzene rings is 2. The van der Waals surface area contributed by atoms with Crippen molar-refractivity contribution >= 4 is 23.3 Å². The third-order valence-electron chi connectivity index (χ3n) is 9.18. The van der Waals surface area contributed by atoms with Gasteiger partial charge >= 0.3 is 5.97 Å². The van der Waals surface area contributed by atoms with Gasteiger partial charge in [0.15, 0.2) is 5.76 Å². The molecule has 5 aliphatic rings. The molecular weight excluding hydrogens is 600 g/mol. The van der Waals surface area contributed by atoms with Gasteiger partial charge in [-0.25, -0.2) is 0 Å². The molecule has 3 heterocycles. The smallest absolute Gasteiger partial charge is 0.311 e. The molecule has 0 radical (unpaired) electrons. The summed E-state index contributed by atoms with van der Waals surface area (Å²) in [7, 11) is 0. The first kappa shape index (κ1) is 28.6. The number of carboxylic acids is 1. The van der Waals surface area contributed by atoms with E-state index in [9.17, 15) is 60.0 Å². The standard InChI is InChI=1S/C30H24O15/c31-9-1-14(33)11-5-17(36)25(43-18(11)3-9)13-6-16(35)23(37)22-24(38)26(39)30(42)8-29(22,21(13)28(40)41)27-20(45-30)7-12-15(34)2-10(32)4-19(12)44-27/h1-4,6,17,20-21,25,27,31-34,36,38,42H,5,7-8H2,(H,40,41)/t17-,20-,21-,25-,27+,29?,30+/m1/s1. The number of carboxylic acid groups (broad SMARTS) is 1. The summed E-state index contributed by atoms with van der Waals surface area (Å²) in [5, 5.41) is 85.5. The van der Waals surface area contributed by atoms with Gasteiger partial charge in [-0.3, -0.25) is 19.2 Å². The van der Waals surface area contributed by atoms with E-state index in [0.29, 0.717) is 6.08 Å². The molecule has 1 spiro atoms. The number of rotatable bonds is 2. The summed E-state index contributed by atoms with van der Waals surface area (Å²) in [6.45, 7) is 0. The van der Waals surface area contributed by atoms with E-state index >= 15 is 0 Å². The second-order valence-electron chi connectivity index (χ2n) is 11.8. The number of fused-ring (bicyclic) bond motifs is 4. The fraction of sp³-hybridized carbons (Fsp3) is 0.333. The number of hydrogen-bond acceptors (Lipinski definition) is 14. The molecule has 2 aromatic carbocycles. The lowest BCUT2D eigenvalue weighted by atomic mass is 9.53. The second kappa shape index (κ2) is 9.20. The van der Waals surface area contributed by atoms with Crippen LogP contribution in [0.5, 0.6) is 34.5 Å². The number of aromatic hydroxyl groups is 4. The summed E-state index contributed by atoms with van der Waals surface area (Å²) < 4.78 is 17.7. The van der Waals surface area contributed by atoms with Crippen molar-refractivity contribution in [3.63, 3.8) is 0 Å². The third-order valence-corrected chi connectivity index (χ3v) is 9.18. The average Bonchev–Trinajstić information content (AvgIpc) is 3.04. The van der Waals surface area contributed by atoms with Crippen molar-refractivity contribution < 1.29 is 74.2 Å². The van der Waals surface area contributed by atoms with E-state index in [1.54, 1.807) is 0 Å². The van der Waals surface area contributed by atoms with Crippen LogP contribution < -0.4 is 9.47 Å². The first-order valence-electron chi connectivity index (χ1n) is 13.7. The maximum atomic E-state index is 13.7. The van der Waals surface area contributed by atoms with Crippen LogP contribution in [0.2, 0.25) is 0 Å². The number of carbonyl (C=O) groups is 4. The summed E-state index contributed by atoms with van der Waals surface area (Å²) in [5.74, 6) is -14.7. The Kier molecular flexibility index (Phi) is 5.85. The maximum Gasteiger partial charge on any atom is 0.311 e. The minimum atomic E-state index is -2.93. The Morgan fingerprint density at radius 3 is 2.09 bits per heavy atom. The van der Waals surface area contributed by atoms with Gasteiger partial charge in [-0.15, -0.1) is 0 Å². The number of carbonyl (C=O) groups excluding carboxylic acids is 3. The zero-order valence-electron chi connectivity index (χ0n) is 22.8. The first-order chi connectivity index (χ1) is 21.2. The van der Waals surface area contributed by atoms with Gasteiger partial charge in [-0.1, -0.05) is 0 Å². The molecule has 1 fully saturated rings. The molecule has 2 bridgehead atoms. The van der Waals surface area contributed by atoms with E-state index in [0.717, 1.165) is 24.3 Å². The van der Waals surface area contributed by atoms with E-state index in [4.69, 9.17) is 14.2 Å². The second-order valence-corrected chi connectivity index (χ2v) is 11.8. The first-order valence-corrected chi connectivity index (χ1v) is 13.7. The van der Waals surface area contributed by atoms with Crippen LogP contribution in [0.15, 0.2) is 47.2 Å². The number of Topliss-reactive ketones (excluding diaryl/α,β-unsaturated/α-hetero) is 2. The van der Waals surface area contributed by atoms with Crippen LogP contribution in [-0.2, 0) is 36.8 Å². The highest BCUT2D eigenvalue weighted by molar-refractivity contribution is 6.49. The van der Waals surface area contributed by atoms with Crippen molar-refractivity contribution in [3.8, 4) is 34.5 Å². The van der Waals surface area contributed by atoms with Crippen LogP contribution in [0.25, 0.3) is 0 Å². The highest BCUT2D eigenvalue weighted by Gasteiger charge is 2.73. The molecule has 7 rings (SSSR count). The molecule has 45 heavy (non-hydrogen) atoms. The quantitative estimate of drug-likeness (QED) is 0.202. The lowest BCUT2D eigenvalue weighted by Gasteiger charge is -2.58. The number of aliphatic hydroxyl groups is 3. The molecule has 0 saturated carbocycles. The highest BCUT2D eigenvalue weighted by Crippen LogP contribution is 2.62. The lowest BCUT2D eigenvalue weighted by Crippen LogP contribution is -2.71. The van der Waals surface area contributed by atoms with Crippen LogP contribution in [0.4, 0.5) is 0 Å². The Morgan fingerprint density at radius 2 is 1.47 bits per heavy atom. The SMILES string of the molecule is O=C1C=C([C@H]2Oc3cc(O)cc(O)c3C[C@H]2O)[C@H](C(=O)O)C23C[C@](O)(O[C@@H]4Cc5c(O)cc(O)cc5O[C@@H]42)C(=O)C(O)=C3C1=O. The van der Waals surface area contributed by atoms with E-state index < -0.39 is 111 Å². The number of ketones is 3. The van der Waals surface area contributed by atoms with Crippen molar-refractivity contribution in [2.45, 2.75) is 49.5 Å². The highest BCUT2D eigenvalue weighted by atomic mass is 16.7. The molecule has 7 atom stereocenters. The molecular formula is C30H24O15. The third kappa shape index (κ3) is 3.81. The van der Waals surface area contributed by atoms with Crippen molar-refractivity contribution in [2.75, 3.05) is 0 Å². The Balaban J connectivity index is 1.48. The summed E-state index contributed by atoms with van der Waals surface area (Å²) in [5.41, 5.74) is -3.79. The van der Waals surface area contributed by atoms with Gasteiger partial charge in [0.05, 0.1) is 23.0 Å². The number of ether oxygens (including phenoxy) is 3. The van der Waals surface area contributed by atoms with E-state index in [1.165, 1.54) is 0 Å². The van der Waals surface area contributed by atoms with E-state index in [1.807, 2.05) is 0 Å². The molecule has 1 unspecified atom stereocenters. The van der Waals surface area contributed by atoms with Gasteiger partial charge in [0, 0.05) is 54.7 Å². The zero-order valence-corrected chi connectivity index (χ0v) is 22.8. The molecule has 2 aromatic rings. The molecule has 234 valence electrons. The van der Waals surface area contributed by atoms with Crippen LogP contribution in [0.3, 0.4) is 0 Å². The van der Waals surface area contributed by atoms with E-state index in [-0.39, 0.29) is 35.5 Å². The predicted octanol–water partition coefficient (Wildman–Crippen LogP) is -0.185. The fourth-order valence-corrected chi connectivity index (χ4v) is 7.47. The van der Waals surface area contributed by atoms with Gasteiger partial charge in [-0.2, -0.15) is 0 Å². The molecule has 15 nitrogen and oxygen atoms in total. The molecule has 0 amide bonds. The normalized spacial score (nSPS) is 33.4. The van der Waals surface area contributed by atoms with E-state index in [2.05, 4.69) is 0 Å². The molecule has 3 aliphatic heterocycles. The topological polar surface area (TPSA) is 258 Å². The number of allylic oxidation sites excluding steroid dienone is 1. The minimum Gasteiger partial charge on any atom is -0.508 e. The number of aliphatic hydroxyl groups excluding tert-OH is 2. The Hall–Kier alpha value is -5.12. The fourth-order valence-electron chi connectivity index (χ4n) is 7.47. The maximum absolute atomic E-state index is 13.7. The summed E-state index contributed by atoms with van der Waals surface area (Å²) in [6.07, 6.45) is -7.53. The van der Waals surface area contributed by atoms with Crippen LogP contribution in [0, 0.1) is 11.3 Å².